The van der Waals surface area contributed by atoms with E-state index in [9.17, 15) is 0 Å². The monoisotopic (exact) mass is 285 g/mol. The van der Waals surface area contributed by atoms with E-state index in [1.807, 2.05) is 0 Å². The highest BCUT2D eigenvalue weighted by Gasteiger charge is 2.44. The molecule has 0 saturated heterocycles. The van der Waals surface area contributed by atoms with E-state index in [2.05, 4.69) is 31.4 Å². The lowest BCUT2D eigenvalue weighted by Gasteiger charge is -2.49. The molecule has 1 fully saturated rings. The van der Waals surface area contributed by atoms with Crippen LogP contribution in [-0.2, 0) is 11.8 Å². The van der Waals surface area contributed by atoms with Crippen LogP contribution in [0.4, 0.5) is 0 Å². The van der Waals surface area contributed by atoms with Gasteiger partial charge in [-0.25, -0.2) is 0 Å². The molecule has 1 unspecified atom stereocenters. The van der Waals surface area contributed by atoms with Crippen LogP contribution in [0.3, 0.4) is 0 Å². The van der Waals surface area contributed by atoms with E-state index >= 15 is 0 Å². The molecule has 0 spiro atoms. The minimum Gasteiger partial charge on any atom is -0.497 e. The molecule has 2 aliphatic carbocycles. The van der Waals surface area contributed by atoms with E-state index in [-0.39, 0.29) is 0 Å². The van der Waals surface area contributed by atoms with Gasteiger partial charge in [0.2, 0.25) is 0 Å². The molecule has 0 amide bonds. The number of hydrogen-bond acceptors (Lipinski definition) is 2. The maximum absolute atomic E-state index is 5.52. The fraction of sp³-hybridized carbons (Fsp3) is 0.667. The first kappa shape index (κ1) is 15.0. The SMILES string of the molecule is BCNCC[C@@]12CCCCC1CCc1ccc(OC)cc12. The van der Waals surface area contributed by atoms with Crippen LogP contribution in [0.5, 0.6) is 5.75 Å². The van der Waals surface area contributed by atoms with Crippen molar-refractivity contribution < 1.29 is 4.74 Å². The van der Waals surface area contributed by atoms with Crippen LogP contribution in [0.2, 0.25) is 0 Å². The molecule has 1 aromatic carbocycles. The topological polar surface area (TPSA) is 21.3 Å². The zero-order valence-corrected chi connectivity index (χ0v) is 13.6. The van der Waals surface area contributed by atoms with Gasteiger partial charge >= 0.3 is 0 Å². The third-order valence-electron chi connectivity index (χ3n) is 5.82. The van der Waals surface area contributed by atoms with Crippen LogP contribution in [0.15, 0.2) is 18.2 Å². The molecule has 3 rings (SSSR count). The third-order valence-corrected chi connectivity index (χ3v) is 5.82. The summed E-state index contributed by atoms with van der Waals surface area (Å²) in [5.74, 6) is 1.91. The lowest BCUT2D eigenvalue weighted by molar-refractivity contribution is 0.147. The fourth-order valence-corrected chi connectivity index (χ4v) is 4.73. The minimum absolute atomic E-state index is 0.405. The molecule has 3 heteroatoms. The van der Waals surface area contributed by atoms with Gasteiger partial charge in [-0.15, -0.1) is 0 Å². The Kier molecular flexibility index (Phi) is 4.58. The molecule has 0 radical (unpaired) electrons. The van der Waals surface area contributed by atoms with Crippen molar-refractivity contribution >= 4 is 7.85 Å². The minimum atomic E-state index is 0.405. The normalized spacial score (nSPS) is 27.8. The van der Waals surface area contributed by atoms with Gasteiger partial charge in [-0.05, 0) is 79.7 Å². The van der Waals surface area contributed by atoms with Crippen molar-refractivity contribution in [2.24, 2.45) is 5.92 Å². The number of aryl methyl sites for hydroxylation is 1. The van der Waals surface area contributed by atoms with Gasteiger partial charge < -0.3 is 10.1 Å². The van der Waals surface area contributed by atoms with E-state index in [1.54, 1.807) is 18.2 Å². The number of nitrogens with one attached hydrogen (secondary N) is 1. The maximum Gasteiger partial charge on any atom is 0.119 e. The molecule has 0 bridgehead atoms. The number of benzene rings is 1. The van der Waals surface area contributed by atoms with Gasteiger partial charge in [0.15, 0.2) is 0 Å². The van der Waals surface area contributed by atoms with Crippen molar-refractivity contribution in [3.05, 3.63) is 29.3 Å². The summed E-state index contributed by atoms with van der Waals surface area (Å²) in [7, 11) is 3.99. The highest BCUT2D eigenvalue weighted by Crippen LogP contribution is 2.52. The third kappa shape index (κ3) is 2.73. The average Bonchev–Trinajstić information content (AvgIpc) is 2.54. The first-order valence-corrected chi connectivity index (χ1v) is 8.68. The van der Waals surface area contributed by atoms with E-state index in [1.165, 1.54) is 44.9 Å². The quantitative estimate of drug-likeness (QED) is 0.663. The summed E-state index contributed by atoms with van der Waals surface area (Å²) in [6, 6.07) is 6.80. The number of rotatable bonds is 5. The van der Waals surface area contributed by atoms with Crippen LogP contribution < -0.4 is 10.1 Å². The molecule has 21 heavy (non-hydrogen) atoms. The zero-order valence-electron chi connectivity index (χ0n) is 13.6. The maximum atomic E-state index is 5.52. The molecule has 2 atom stereocenters. The van der Waals surface area contributed by atoms with E-state index in [0.717, 1.165) is 24.7 Å². The fourth-order valence-electron chi connectivity index (χ4n) is 4.73. The number of methoxy groups -OCH3 is 1. The van der Waals surface area contributed by atoms with Gasteiger partial charge in [-0.1, -0.05) is 18.9 Å². The highest BCUT2D eigenvalue weighted by atomic mass is 16.5. The number of fused-ring (bicyclic) bond motifs is 3. The number of hydrogen-bond donors (Lipinski definition) is 1. The van der Waals surface area contributed by atoms with Crippen molar-refractivity contribution in [1.29, 1.82) is 0 Å². The van der Waals surface area contributed by atoms with E-state index in [4.69, 9.17) is 4.74 Å². The molecule has 1 N–H and O–H groups in total. The largest absolute Gasteiger partial charge is 0.497 e. The number of ether oxygens (including phenoxy) is 1. The molecule has 0 aliphatic heterocycles. The Morgan fingerprint density at radius 1 is 1.33 bits per heavy atom. The molecule has 2 nitrogen and oxygen atoms in total. The molecule has 0 aromatic heterocycles. The second-order valence-corrected chi connectivity index (χ2v) is 6.76. The summed E-state index contributed by atoms with van der Waals surface area (Å²) in [5, 5.41) is 3.55. The molecule has 114 valence electrons. The Labute approximate surface area is 130 Å². The van der Waals surface area contributed by atoms with Gasteiger partial charge in [0.25, 0.3) is 0 Å². The second kappa shape index (κ2) is 6.43. The van der Waals surface area contributed by atoms with Gasteiger partial charge in [-0.3, -0.25) is 0 Å². The predicted octanol–water partition coefficient (Wildman–Crippen LogP) is 2.64. The Morgan fingerprint density at radius 2 is 2.24 bits per heavy atom. The zero-order chi connectivity index (χ0) is 14.7. The Bertz CT molecular complexity index is 490. The lowest BCUT2D eigenvalue weighted by Crippen LogP contribution is -2.44. The van der Waals surface area contributed by atoms with Crippen LogP contribution in [0, 0.1) is 5.92 Å². The Hall–Kier alpha value is -0.955. The summed E-state index contributed by atoms with van der Waals surface area (Å²) in [6.45, 7) is 1.14. The van der Waals surface area contributed by atoms with Crippen molar-refractivity contribution in [1.82, 2.24) is 5.32 Å². The first-order chi connectivity index (χ1) is 10.3. The van der Waals surface area contributed by atoms with Crippen molar-refractivity contribution in [2.75, 3.05) is 20.1 Å². The Morgan fingerprint density at radius 3 is 3.05 bits per heavy atom. The van der Waals surface area contributed by atoms with Crippen LogP contribution >= 0.6 is 0 Å². The molecule has 2 aliphatic rings. The van der Waals surface area contributed by atoms with Crippen LogP contribution in [-0.4, -0.2) is 27.9 Å². The van der Waals surface area contributed by atoms with Gasteiger partial charge in [-0.2, -0.15) is 0 Å². The van der Waals surface area contributed by atoms with Gasteiger partial charge in [0, 0.05) is 0 Å². The predicted molar refractivity (Wildman–Crippen MR) is 91.0 cm³/mol. The lowest BCUT2D eigenvalue weighted by atomic mass is 9.56. The van der Waals surface area contributed by atoms with Crippen molar-refractivity contribution in [3.63, 3.8) is 0 Å². The molecule has 0 heterocycles. The summed E-state index contributed by atoms with van der Waals surface area (Å²) < 4.78 is 5.52. The van der Waals surface area contributed by atoms with Crippen molar-refractivity contribution in [2.45, 2.75) is 50.4 Å². The van der Waals surface area contributed by atoms with E-state index < -0.39 is 0 Å². The van der Waals surface area contributed by atoms with Crippen LogP contribution in [0.25, 0.3) is 0 Å². The van der Waals surface area contributed by atoms with Crippen LogP contribution in [0.1, 0.15) is 49.7 Å². The second-order valence-electron chi connectivity index (χ2n) is 6.76. The highest BCUT2D eigenvalue weighted by molar-refractivity contribution is 6.08. The first-order valence-electron chi connectivity index (χ1n) is 8.68. The standard InChI is InChI=1S/C18H28BNO/c1-21-16-8-6-14-5-7-15-4-2-3-9-18(15,17(14)12-16)10-11-20-13-19/h6,8,12,15,20H,2-5,7,9-11,13,19H2,1H3/t15?,18-/m0/s1. The summed E-state index contributed by atoms with van der Waals surface area (Å²) in [4.78, 5) is 0. The molecule has 1 aromatic rings. The smallest absolute Gasteiger partial charge is 0.119 e. The van der Waals surface area contributed by atoms with Gasteiger partial charge in [0.1, 0.15) is 13.6 Å². The van der Waals surface area contributed by atoms with Gasteiger partial charge in [0.05, 0.1) is 7.11 Å². The summed E-state index contributed by atoms with van der Waals surface area (Å²) in [5.41, 5.74) is 3.59. The average molecular weight is 285 g/mol. The molecule has 1 saturated carbocycles. The molecular weight excluding hydrogens is 257 g/mol. The Balaban J connectivity index is 1.98. The summed E-state index contributed by atoms with van der Waals surface area (Å²) in [6.07, 6.45) is 10.6. The molecular formula is C18H28BNO. The van der Waals surface area contributed by atoms with Crippen molar-refractivity contribution in [3.8, 4) is 5.75 Å². The summed E-state index contributed by atoms with van der Waals surface area (Å²) >= 11 is 0. The van der Waals surface area contributed by atoms with E-state index in [0.29, 0.717) is 5.41 Å².